The van der Waals surface area contributed by atoms with Crippen LogP contribution in [-0.2, 0) is 26.1 Å². The minimum absolute atomic E-state index is 0.00246. The summed E-state index contributed by atoms with van der Waals surface area (Å²) in [5.41, 5.74) is 0.735. The molecule has 1 aromatic heterocycles. The number of pyridine rings is 1. The van der Waals surface area contributed by atoms with E-state index < -0.39 is 10.0 Å². The largest absolute Gasteiger partial charge is 0.491 e. The minimum atomic E-state index is -3.69. The third-order valence-corrected chi connectivity index (χ3v) is 5.00. The van der Waals surface area contributed by atoms with Gasteiger partial charge in [0.2, 0.25) is 15.9 Å². The predicted molar refractivity (Wildman–Crippen MR) is 99.7 cm³/mol. The molecule has 0 saturated carbocycles. The van der Waals surface area contributed by atoms with E-state index in [1.807, 2.05) is 6.07 Å². The zero-order valence-corrected chi connectivity index (χ0v) is 15.9. The molecule has 27 heavy (non-hydrogen) atoms. The van der Waals surface area contributed by atoms with Gasteiger partial charge in [0, 0.05) is 26.3 Å². The van der Waals surface area contributed by atoms with Crippen molar-refractivity contribution in [2.75, 3.05) is 26.9 Å². The molecule has 0 fully saturated rings. The molecule has 0 saturated heterocycles. The zero-order chi connectivity index (χ0) is 19.5. The summed E-state index contributed by atoms with van der Waals surface area (Å²) in [6.45, 7) is 1.14. The van der Waals surface area contributed by atoms with E-state index in [1.54, 1.807) is 37.6 Å². The number of methoxy groups -OCH3 is 1. The number of nitrogens with one attached hydrogen (secondary N) is 2. The summed E-state index contributed by atoms with van der Waals surface area (Å²) >= 11 is 0. The van der Waals surface area contributed by atoms with E-state index in [2.05, 4.69) is 15.0 Å². The number of rotatable bonds is 11. The first-order valence-corrected chi connectivity index (χ1v) is 9.87. The molecule has 0 aliphatic rings. The van der Waals surface area contributed by atoms with Crippen LogP contribution in [0.5, 0.6) is 5.75 Å². The zero-order valence-electron chi connectivity index (χ0n) is 15.1. The Morgan fingerprint density at radius 1 is 1.11 bits per heavy atom. The summed E-state index contributed by atoms with van der Waals surface area (Å²) in [4.78, 5) is 16.0. The van der Waals surface area contributed by atoms with E-state index in [9.17, 15) is 13.2 Å². The number of benzene rings is 1. The Morgan fingerprint density at radius 3 is 2.56 bits per heavy atom. The molecule has 0 spiro atoms. The molecule has 1 heterocycles. The van der Waals surface area contributed by atoms with E-state index in [0.29, 0.717) is 25.5 Å². The fraction of sp³-hybridized carbons (Fsp3) is 0.333. The number of ether oxygens (including phenoxy) is 2. The molecule has 0 unspecified atom stereocenters. The molecular formula is C18H23N3O5S. The summed E-state index contributed by atoms with van der Waals surface area (Å²) < 4.78 is 37.2. The quantitative estimate of drug-likeness (QED) is 0.554. The number of aromatic nitrogens is 1. The molecule has 0 aliphatic heterocycles. The van der Waals surface area contributed by atoms with Crippen LogP contribution in [0.25, 0.3) is 0 Å². The van der Waals surface area contributed by atoms with Crippen LogP contribution in [0, 0.1) is 0 Å². The maximum Gasteiger partial charge on any atom is 0.240 e. The second-order valence-electron chi connectivity index (χ2n) is 5.56. The Bertz CT molecular complexity index is 811. The maximum absolute atomic E-state index is 12.3. The topological polar surface area (TPSA) is 107 Å². The van der Waals surface area contributed by atoms with E-state index >= 15 is 0 Å². The van der Waals surface area contributed by atoms with Gasteiger partial charge in [0.25, 0.3) is 0 Å². The van der Waals surface area contributed by atoms with Gasteiger partial charge in [0.05, 0.1) is 23.7 Å². The van der Waals surface area contributed by atoms with Crippen molar-refractivity contribution in [1.29, 1.82) is 0 Å². The lowest BCUT2D eigenvalue weighted by atomic mass is 10.3. The van der Waals surface area contributed by atoms with Crippen molar-refractivity contribution in [3.8, 4) is 5.75 Å². The molecular weight excluding hydrogens is 370 g/mol. The maximum atomic E-state index is 12.3. The van der Waals surface area contributed by atoms with Gasteiger partial charge < -0.3 is 14.8 Å². The lowest BCUT2D eigenvalue weighted by Gasteiger charge is -2.09. The van der Waals surface area contributed by atoms with Gasteiger partial charge in [0.1, 0.15) is 12.4 Å². The number of carbonyl (C=O) groups excluding carboxylic acids is 1. The van der Waals surface area contributed by atoms with E-state index in [0.717, 1.165) is 5.69 Å². The fourth-order valence-electron chi connectivity index (χ4n) is 2.12. The van der Waals surface area contributed by atoms with Crippen LogP contribution in [0.4, 0.5) is 0 Å². The molecule has 1 amide bonds. The Kier molecular flexibility index (Phi) is 8.18. The highest BCUT2D eigenvalue weighted by Gasteiger charge is 2.14. The monoisotopic (exact) mass is 393 g/mol. The van der Waals surface area contributed by atoms with E-state index in [4.69, 9.17) is 9.47 Å². The lowest BCUT2D eigenvalue weighted by molar-refractivity contribution is -0.121. The van der Waals surface area contributed by atoms with Crippen molar-refractivity contribution in [2.24, 2.45) is 0 Å². The van der Waals surface area contributed by atoms with Crippen LogP contribution in [0.1, 0.15) is 12.1 Å². The highest BCUT2D eigenvalue weighted by atomic mass is 32.2. The van der Waals surface area contributed by atoms with Crippen LogP contribution >= 0.6 is 0 Å². The van der Waals surface area contributed by atoms with Crippen LogP contribution < -0.4 is 14.8 Å². The number of sulfonamides is 1. The van der Waals surface area contributed by atoms with Crippen LogP contribution in [0.15, 0.2) is 53.6 Å². The second-order valence-corrected chi connectivity index (χ2v) is 7.33. The number of nitrogens with zero attached hydrogens (tertiary/aromatic N) is 1. The first kappa shape index (κ1) is 20.8. The Labute approximate surface area is 159 Å². The Balaban J connectivity index is 1.76. The highest BCUT2D eigenvalue weighted by molar-refractivity contribution is 7.89. The molecule has 0 atom stereocenters. The standard InChI is InChI=1S/C18H23N3O5S/c1-25-12-13-26-16-5-7-17(8-6-16)27(23,24)21-11-9-18(22)20-14-15-4-2-3-10-19-15/h2-8,10,21H,9,11-14H2,1H3,(H,20,22). The lowest BCUT2D eigenvalue weighted by Crippen LogP contribution is -2.30. The SMILES string of the molecule is COCCOc1ccc(S(=O)(=O)NCCC(=O)NCc2ccccn2)cc1. The minimum Gasteiger partial charge on any atom is -0.491 e. The van der Waals surface area contributed by atoms with Gasteiger partial charge in [-0.2, -0.15) is 0 Å². The fourth-order valence-corrected chi connectivity index (χ4v) is 3.15. The van der Waals surface area contributed by atoms with Crippen molar-refractivity contribution in [2.45, 2.75) is 17.9 Å². The van der Waals surface area contributed by atoms with Crippen molar-refractivity contribution >= 4 is 15.9 Å². The molecule has 1 aromatic carbocycles. The van der Waals surface area contributed by atoms with Crippen LogP contribution in [-0.4, -0.2) is 46.2 Å². The number of hydrogen-bond acceptors (Lipinski definition) is 6. The van der Waals surface area contributed by atoms with Gasteiger partial charge in [-0.25, -0.2) is 13.1 Å². The van der Waals surface area contributed by atoms with Crippen LogP contribution in [0.3, 0.4) is 0 Å². The molecule has 2 aromatic rings. The molecule has 0 bridgehead atoms. The van der Waals surface area contributed by atoms with Gasteiger partial charge in [-0.1, -0.05) is 6.07 Å². The summed E-state index contributed by atoms with van der Waals surface area (Å²) in [5.74, 6) is 0.296. The van der Waals surface area contributed by atoms with Gasteiger partial charge >= 0.3 is 0 Å². The van der Waals surface area contributed by atoms with Crippen molar-refractivity contribution in [3.05, 3.63) is 54.4 Å². The first-order valence-electron chi connectivity index (χ1n) is 8.39. The molecule has 2 rings (SSSR count). The predicted octanol–water partition coefficient (Wildman–Crippen LogP) is 1.09. The van der Waals surface area contributed by atoms with E-state index in [-0.39, 0.29) is 23.8 Å². The first-order chi connectivity index (χ1) is 13.0. The number of amides is 1. The summed E-state index contributed by atoms with van der Waals surface area (Å²) in [7, 11) is -2.11. The summed E-state index contributed by atoms with van der Waals surface area (Å²) in [6.07, 6.45) is 1.67. The molecule has 2 N–H and O–H groups in total. The van der Waals surface area contributed by atoms with Gasteiger partial charge in [0.15, 0.2) is 0 Å². The van der Waals surface area contributed by atoms with Gasteiger partial charge in [-0.3, -0.25) is 9.78 Å². The molecule has 0 radical (unpaired) electrons. The van der Waals surface area contributed by atoms with Crippen molar-refractivity contribution in [3.63, 3.8) is 0 Å². The molecule has 0 aliphatic carbocycles. The van der Waals surface area contributed by atoms with Crippen LogP contribution in [0.2, 0.25) is 0 Å². The molecule has 8 nitrogen and oxygen atoms in total. The highest BCUT2D eigenvalue weighted by Crippen LogP contribution is 2.15. The molecule has 146 valence electrons. The summed E-state index contributed by atoms with van der Waals surface area (Å²) in [5, 5.41) is 2.69. The normalized spacial score (nSPS) is 11.1. The molecule has 9 heteroatoms. The van der Waals surface area contributed by atoms with Gasteiger partial charge in [-0.05, 0) is 36.4 Å². The number of hydrogen-bond donors (Lipinski definition) is 2. The van der Waals surface area contributed by atoms with Gasteiger partial charge in [-0.15, -0.1) is 0 Å². The number of carbonyl (C=O) groups is 1. The average Bonchev–Trinajstić information content (AvgIpc) is 2.68. The third kappa shape index (κ3) is 7.33. The second kappa shape index (κ2) is 10.6. The average molecular weight is 393 g/mol. The van der Waals surface area contributed by atoms with Crippen molar-refractivity contribution in [1.82, 2.24) is 15.0 Å². The van der Waals surface area contributed by atoms with E-state index in [1.165, 1.54) is 12.1 Å². The Hall–Kier alpha value is -2.49. The Morgan fingerprint density at radius 2 is 1.89 bits per heavy atom. The third-order valence-electron chi connectivity index (χ3n) is 3.53. The smallest absolute Gasteiger partial charge is 0.240 e. The summed E-state index contributed by atoms with van der Waals surface area (Å²) in [6, 6.07) is 11.5. The van der Waals surface area contributed by atoms with Crippen molar-refractivity contribution < 1.29 is 22.7 Å².